The molecule has 2 rings (SSSR count). The minimum absolute atomic E-state index is 0.233. The average molecular weight is 236 g/mol. The normalized spacial score (nSPS) is 21.4. The van der Waals surface area contributed by atoms with Gasteiger partial charge in [-0.25, -0.2) is 0 Å². The van der Waals surface area contributed by atoms with Crippen molar-refractivity contribution in [2.45, 2.75) is 13.0 Å². The smallest absolute Gasteiger partial charge is 0.0874 e. The fourth-order valence-corrected chi connectivity index (χ4v) is 1.98. The minimum Gasteiger partial charge on any atom is -0.396 e. The Hall–Kier alpha value is -1.33. The lowest BCUT2D eigenvalue weighted by Crippen LogP contribution is -2.45. The third kappa shape index (κ3) is 3.31. The second-order valence-corrected chi connectivity index (χ2v) is 4.23. The summed E-state index contributed by atoms with van der Waals surface area (Å²) in [7, 11) is 0. The van der Waals surface area contributed by atoms with Gasteiger partial charge in [-0.2, -0.15) is 0 Å². The number of anilines is 2. The molecule has 0 spiro atoms. The van der Waals surface area contributed by atoms with E-state index in [1.807, 2.05) is 6.07 Å². The van der Waals surface area contributed by atoms with Crippen LogP contribution in [0.1, 0.15) is 6.92 Å². The number of hydrogen-bond donors (Lipinski definition) is 2. The molecule has 0 saturated carbocycles. The number of rotatable bonds is 4. The van der Waals surface area contributed by atoms with Crippen LogP contribution in [0.5, 0.6) is 0 Å². The molecule has 2 heterocycles. The number of nitrogen functional groups attached to an aromatic ring is 1. The summed E-state index contributed by atoms with van der Waals surface area (Å²) in [5, 5.41) is 3.31. The van der Waals surface area contributed by atoms with Crippen LogP contribution in [0.4, 0.5) is 11.4 Å². The van der Waals surface area contributed by atoms with Gasteiger partial charge in [-0.05, 0) is 12.6 Å². The third-order valence-corrected chi connectivity index (χ3v) is 3.04. The lowest BCUT2D eigenvalue weighted by molar-refractivity contribution is -0.0191. The topological polar surface area (TPSA) is 63.4 Å². The van der Waals surface area contributed by atoms with Crippen molar-refractivity contribution in [1.29, 1.82) is 0 Å². The zero-order valence-corrected chi connectivity index (χ0v) is 10.2. The molecule has 0 amide bonds. The first-order chi connectivity index (χ1) is 8.29. The largest absolute Gasteiger partial charge is 0.396 e. The molecule has 1 aromatic heterocycles. The second-order valence-electron chi connectivity index (χ2n) is 4.23. The molecule has 5 heteroatoms. The maximum absolute atomic E-state index is 5.81. The number of pyridine rings is 1. The van der Waals surface area contributed by atoms with E-state index < -0.39 is 0 Å². The van der Waals surface area contributed by atoms with E-state index in [0.717, 1.165) is 38.5 Å². The molecule has 1 aliphatic heterocycles. The number of likely N-dealkylation sites (N-methyl/N-ethyl adjacent to an activating group) is 1. The quantitative estimate of drug-likeness (QED) is 0.809. The van der Waals surface area contributed by atoms with Gasteiger partial charge in [0.25, 0.3) is 0 Å². The summed E-state index contributed by atoms with van der Waals surface area (Å²) in [4.78, 5) is 6.36. The van der Waals surface area contributed by atoms with Crippen molar-refractivity contribution < 1.29 is 4.74 Å². The van der Waals surface area contributed by atoms with Crippen molar-refractivity contribution in [3.63, 3.8) is 0 Å². The molecule has 1 aromatic rings. The maximum atomic E-state index is 5.81. The molecule has 0 aliphatic carbocycles. The molecule has 1 saturated heterocycles. The van der Waals surface area contributed by atoms with Crippen LogP contribution in [0.2, 0.25) is 0 Å². The van der Waals surface area contributed by atoms with Gasteiger partial charge in [-0.1, -0.05) is 6.92 Å². The van der Waals surface area contributed by atoms with Crippen molar-refractivity contribution in [3.8, 4) is 0 Å². The summed E-state index contributed by atoms with van der Waals surface area (Å²) in [6, 6.07) is 1.88. The predicted octanol–water partition coefficient (Wildman–Crippen LogP) is 0.796. The molecule has 5 nitrogen and oxygen atoms in total. The summed E-state index contributed by atoms with van der Waals surface area (Å²) in [6.07, 6.45) is 3.62. The van der Waals surface area contributed by atoms with Crippen LogP contribution in [-0.4, -0.2) is 48.8 Å². The first-order valence-corrected chi connectivity index (χ1v) is 6.07. The molecule has 1 aliphatic rings. The van der Waals surface area contributed by atoms with Gasteiger partial charge < -0.3 is 15.8 Å². The molecular weight excluding hydrogens is 216 g/mol. The first kappa shape index (κ1) is 12.1. The molecule has 0 bridgehead atoms. The van der Waals surface area contributed by atoms with Gasteiger partial charge in [-0.15, -0.1) is 0 Å². The Morgan fingerprint density at radius 2 is 2.53 bits per heavy atom. The summed E-state index contributed by atoms with van der Waals surface area (Å²) in [5.41, 5.74) is 7.42. The van der Waals surface area contributed by atoms with Crippen LogP contribution in [0.15, 0.2) is 18.5 Å². The highest BCUT2D eigenvalue weighted by Gasteiger charge is 2.18. The van der Waals surface area contributed by atoms with Crippen LogP contribution < -0.4 is 11.1 Å². The van der Waals surface area contributed by atoms with Crippen LogP contribution >= 0.6 is 0 Å². The lowest BCUT2D eigenvalue weighted by atomic mass is 10.2. The van der Waals surface area contributed by atoms with Gasteiger partial charge in [0, 0.05) is 25.8 Å². The predicted molar refractivity (Wildman–Crippen MR) is 69.0 cm³/mol. The highest BCUT2D eigenvalue weighted by atomic mass is 16.5. The molecule has 0 aromatic carbocycles. The lowest BCUT2D eigenvalue weighted by Gasteiger charge is -2.32. The summed E-state index contributed by atoms with van der Waals surface area (Å²) < 4.78 is 5.71. The van der Waals surface area contributed by atoms with Gasteiger partial charge in [0.15, 0.2) is 0 Å². The fraction of sp³-hybridized carbons (Fsp3) is 0.583. The molecule has 94 valence electrons. The molecule has 1 fully saturated rings. The highest BCUT2D eigenvalue weighted by Crippen LogP contribution is 2.15. The molecule has 1 atom stereocenters. The van der Waals surface area contributed by atoms with E-state index in [1.165, 1.54) is 0 Å². The molecule has 1 unspecified atom stereocenters. The maximum Gasteiger partial charge on any atom is 0.0874 e. The summed E-state index contributed by atoms with van der Waals surface area (Å²) in [6.45, 7) is 6.86. The molecule has 0 radical (unpaired) electrons. The first-order valence-electron chi connectivity index (χ1n) is 6.07. The Bertz CT molecular complexity index is 358. The Balaban J connectivity index is 1.84. The number of nitrogens with zero attached hydrogens (tertiary/aromatic N) is 2. The third-order valence-electron chi connectivity index (χ3n) is 3.04. The van der Waals surface area contributed by atoms with Crippen molar-refractivity contribution in [2.24, 2.45) is 0 Å². The van der Waals surface area contributed by atoms with Crippen molar-refractivity contribution in [1.82, 2.24) is 9.88 Å². The Morgan fingerprint density at radius 1 is 1.65 bits per heavy atom. The van der Waals surface area contributed by atoms with Crippen LogP contribution in [-0.2, 0) is 4.74 Å². The second kappa shape index (κ2) is 5.84. The van der Waals surface area contributed by atoms with Gasteiger partial charge >= 0.3 is 0 Å². The SMILES string of the molecule is CCN1CCOC(CNc2ccncc2N)C1. The van der Waals surface area contributed by atoms with E-state index >= 15 is 0 Å². The number of hydrogen-bond acceptors (Lipinski definition) is 5. The summed E-state index contributed by atoms with van der Waals surface area (Å²) in [5.74, 6) is 0. The van der Waals surface area contributed by atoms with E-state index in [2.05, 4.69) is 22.1 Å². The number of aromatic nitrogens is 1. The van der Waals surface area contributed by atoms with Gasteiger partial charge in [0.05, 0.1) is 30.3 Å². The van der Waals surface area contributed by atoms with E-state index in [9.17, 15) is 0 Å². The van der Waals surface area contributed by atoms with Crippen molar-refractivity contribution in [3.05, 3.63) is 18.5 Å². The highest BCUT2D eigenvalue weighted by molar-refractivity contribution is 5.64. The zero-order valence-electron chi connectivity index (χ0n) is 10.2. The van der Waals surface area contributed by atoms with E-state index in [4.69, 9.17) is 10.5 Å². The Morgan fingerprint density at radius 3 is 3.29 bits per heavy atom. The standard InChI is InChI=1S/C12H20N4O/c1-2-16-5-6-17-10(9-16)7-15-12-3-4-14-8-11(12)13/h3-4,8,10H,2,5-7,9,13H2,1H3,(H,14,15). The number of nitrogens with two attached hydrogens (primary N) is 1. The number of morpholine rings is 1. The van der Waals surface area contributed by atoms with Crippen LogP contribution in [0, 0.1) is 0 Å². The van der Waals surface area contributed by atoms with Gasteiger partial charge in [0.2, 0.25) is 0 Å². The van der Waals surface area contributed by atoms with E-state index in [1.54, 1.807) is 12.4 Å². The van der Waals surface area contributed by atoms with Gasteiger partial charge in [-0.3, -0.25) is 9.88 Å². The average Bonchev–Trinajstić information content (AvgIpc) is 2.38. The zero-order chi connectivity index (χ0) is 12.1. The molecule has 17 heavy (non-hydrogen) atoms. The Labute approximate surface area is 102 Å². The van der Waals surface area contributed by atoms with E-state index in [-0.39, 0.29) is 6.10 Å². The van der Waals surface area contributed by atoms with Crippen molar-refractivity contribution >= 4 is 11.4 Å². The molecular formula is C12H20N4O. The minimum atomic E-state index is 0.233. The van der Waals surface area contributed by atoms with Crippen molar-refractivity contribution in [2.75, 3.05) is 43.8 Å². The van der Waals surface area contributed by atoms with Gasteiger partial charge in [0.1, 0.15) is 0 Å². The fourth-order valence-electron chi connectivity index (χ4n) is 1.98. The van der Waals surface area contributed by atoms with Crippen LogP contribution in [0.3, 0.4) is 0 Å². The Kier molecular flexibility index (Phi) is 4.17. The monoisotopic (exact) mass is 236 g/mol. The number of ether oxygens (including phenoxy) is 1. The summed E-state index contributed by atoms with van der Waals surface area (Å²) >= 11 is 0. The van der Waals surface area contributed by atoms with Crippen LogP contribution in [0.25, 0.3) is 0 Å². The number of nitrogens with one attached hydrogen (secondary N) is 1. The van der Waals surface area contributed by atoms with E-state index in [0.29, 0.717) is 5.69 Å². The molecule has 3 N–H and O–H groups in total.